The second-order valence-corrected chi connectivity index (χ2v) is 14.6. The van der Waals surface area contributed by atoms with Gasteiger partial charge < -0.3 is 18.9 Å². The number of nitrogens with zero attached hydrogens (tertiary/aromatic N) is 4. The molecule has 15 heteroatoms. The van der Waals surface area contributed by atoms with Gasteiger partial charge in [0.2, 0.25) is 5.88 Å². The smallest absolute Gasteiger partial charge is 0.422 e. The van der Waals surface area contributed by atoms with Crippen LogP contribution in [0.2, 0.25) is 0 Å². The zero-order valence-electron chi connectivity index (χ0n) is 26.0. The Labute approximate surface area is 279 Å². The van der Waals surface area contributed by atoms with Gasteiger partial charge in [0.05, 0.1) is 17.4 Å². The van der Waals surface area contributed by atoms with Gasteiger partial charge in [0, 0.05) is 62.2 Å². The fourth-order valence-electron chi connectivity index (χ4n) is 5.35. The van der Waals surface area contributed by atoms with Crippen LogP contribution in [-0.2, 0) is 23.6 Å². The highest BCUT2D eigenvalue weighted by Gasteiger charge is 2.28. The van der Waals surface area contributed by atoms with Crippen molar-refractivity contribution in [2.45, 2.75) is 23.9 Å². The Bertz CT molecular complexity index is 2020. The highest BCUT2D eigenvalue weighted by atomic mass is 32.2. The van der Waals surface area contributed by atoms with Crippen molar-refractivity contribution in [1.29, 1.82) is 0 Å². The van der Waals surface area contributed by atoms with E-state index in [-0.39, 0.29) is 21.7 Å². The van der Waals surface area contributed by atoms with Gasteiger partial charge in [0.25, 0.3) is 15.9 Å². The highest BCUT2D eigenvalue weighted by molar-refractivity contribution is 7.94. The summed E-state index contributed by atoms with van der Waals surface area (Å²) in [4.78, 5) is 22.7. The van der Waals surface area contributed by atoms with Gasteiger partial charge in [-0.3, -0.25) is 14.4 Å². The Morgan fingerprint density at radius 3 is 2.33 bits per heavy atom. The highest BCUT2D eigenvalue weighted by Crippen LogP contribution is 2.29. The molecule has 1 aliphatic rings. The molecule has 0 radical (unpaired) electrons. The summed E-state index contributed by atoms with van der Waals surface area (Å²) >= 11 is 1.18. The van der Waals surface area contributed by atoms with Gasteiger partial charge in [-0.2, -0.15) is 13.2 Å². The number of fused-ring (bicyclic) bond motifs is 1. The van der Waals surface area contributed by atoms with Crippen molar-refractivity contribution >= 4 is 43.9 Å². The quantitative estimate of drug-likeness (QED) is 0.179. The number of rotatable bonds is 10. The number of ether oxygens (including phenoxy) is 2. The maximum Gasteiger partial charge on any atom is 0.422 e. The molecule has 2 aromatic carbocycles. The molecule has 1 saturated heterocycles. The molecule has 10 nitrogen and oxygen atoms in total. The van der Waals surface area contributed by atoms with E-state index in [4.69, 9.17) is 9.47 Å². The number of benzene rings is 2. The number of pyridine rings is 1. The summed E-state index contributed by atoms with van der Waals surface area (Å²) in [6.07, 6.45) is -3.00. The number of hydrogen-bond donors (Lipinski definition) is 1. The topological polar surface area (TPSA) is 106 Å². The number of aromatic nitrogens is 2. The second kappa shape index (κ2) is 13.5. The molecule has 3 aromatic heterocycles. The molecule has 252 valence electrons. The van der Waals surface area contributed by atoms with Gasteiger partial charge in [-0.1, -0.05) is 12.1 Å². The van der Waals surface area contributed by atoms with Gasteiger partial charge in [-0.15, -0.1) is 11.3 Å². The molecule has 0 saturated carbocycles. The summed E-state index contributed by atoms with van der Waals surface area (Å²) in [5, 5.41) is 0.871. The number of halogens is 3. The molecule has 0 unspecified atom stereocenters. The Kier molecular flexibility index (Phi) is 9.36. The van der Waals surface area contributed by atoms with Gasteiger partial charge in [-0.05, 0) is 61.0 Å². The summed E-state index contributed by atoms with van der Waals surface area (Å²) < 4.78 is 77.7. The van der Waals surface area contributed by atoms with E-state index in [1.165, 1.54) is 29.7 Å². The second-order valence-electron chi connectivity index (χ2n) is 11.4. The zero-order chi connectivity index (χ0) is 34.1. The third-order valence-corrected chi connectivity index (χ3v) is 10.7. The lowest BCUT2D eigenvalue weighted by Gasteiger charge is -2.34. The Morgan fingerprint density at radius 1 is 0.958 bits per heavy atom. The van der Waals surface area contributed by atoms with E-state index >= 15 is 0 Å². The summed E-state index contributed by atoms with van der Waals surface area (Å²) in [5.41, 5.74) is 2.59. The number of amides is 1. The Hall–Kier alpha value is -4.60. The average Bonchev–Trinajstić information content (AvgIpc) is 3.64. The van der Waals surface area contributed by atoms with Crippen molar-refractivity contribution in [3.8, 4) is 17.4 Å². The number of carbonyl (C=O) groups excluding carboxylic acids is 1. The van der Waals surface area contributed by atoms with Crippen LogP contribution in [0.1, 0.15) is 20.9 Å². The van der Waals surface area contributed by atoms with Crippen molar-refractivity contribution in [1.82, 2.24) is 19.4 Å². The number of sulfonamides is 1. The van der Waals surface area contributed by atoms with Crippen LogP contribution in [0.25, 0.3) is 10.9 Å². The van der Waals surface area contributed by atoms with Crippen molar-refractivity contribution in [3.63, 3.8) is 0 Å². The summed E-state index contributed by atoms with van der Waals surface area (Å²) in [7, 11) is -1.88. The van der Waals surface area contributed by atoms with E-state index in [1.54, 1.807) is 42.5 Å². The zero-order valence-corrected chi connectivity index (χ0v) is 27.7. The number of nitrogens with one attached hydrogen (secondary N) is 1. The van der Waals surface area contributed by atoms with E-state index < -0.39 is 22.8 Å². The fourth-order valence-corrected chi connectivity index (χ4v) is 7.67. The molecular weight excluding hydrogens is 668 g/mol. The number of carbonyl (C=O) groups is 1. The molecule has 0 atom stereocenters. The monoisotopic (exact) mass is 699 g/mol. The van der Waals surface area contributed by atoms with Crippen molar-refractivity contribution < 1.29 is 35.9 Å². The number of aryl methyl sites for hydroxylation is 2. The number of piperazine rings is 1. The maximum absolute atomic E-state index is 13.5. The lowest BCUT2D eigenvalue weighted by molar-refractivity contribution is -0.153. The lowest BCUT2D eigenvalue weighted by Crippen LogP contribution is -2.48. The van der Waals surface area contributed by atoms with Crippen molar-refractivity contribution in [2.24, 2.45) is 7.05 Å². The van der Waals surface area contributed by atoms with Crippen LogP contribution in [-0.4, -0.2) is 72.6 Å². The standard InChI is InChI=1S/C33H32F3N5O5S2/c1-22-3-12-31(47-22)48(43,44)38-25-7-11-30(37-19-25)46-27-10-6-24-17-29(39(2)28(24)18-27)32(42)41-15-13-40(14-16-41)20-23-4-8-26(9-5-23)45-21-33(34,35)36/h3-12,17-19,38H,13-16,20-21H2,1-2H3. The van der Waals surface area contributed by atoms with Crippen molar-refractivity contribution in [2.75, 3.05) is 37.5 Å². The van der Waals surface area contributed by atoms with E-state index in [0.29, 0.717) is 49.9 Å². The van der Waals surface area contributed by atoms with Gasteiger partial charge in [0.1, 0.15) is 21.4 Å². The largest absolute Gasteiger partial charge is 0.484 e. The van der Waals surface area contributed by atoms with E-state index in [9.17, 15) is 26.4 Å². The minimum absolute atomic E-state index is 0.0839. The van der Waals surface area contributed by atoms with E-state index in [0.717, 1.165) is 21.3 Å². The van der Waals surface area contributed by atoms with Crippen LogP contribution < -0.4 is 14.2 Å². The minimum atomic E-state index is -4.38. The Morgan fingerprint density at radius 2 is 1.69 bits per heavy atom. The van der Waals surface area contributed by atoms with Crippen LogP contribution >= 0.6 is 11.3 Å². The molecule has 0 spiro atoms. The summed E-state index contributed by atoms with van der Waals surface area (Å²) in [5.74, 6) is 0.863. The van der Waals surface area contributed by atoms with E-state index in [2.05, 4.69) is 14.6 Å². The first kappa shape index (κ1) is 33.3. The molecule has 48 heavy (non-hydrogen) atoms. The molecular formula is C33H32F3N5O5S2. The molecule has 1 aliphatic heterocycles. The van der Waals surface area contributed by atoms with Gasteiger partial charge >= 0.3 is 6.18 Å². The molecule has 1 amide bonds. The Balaban J connectivity index is 1.04. The summed E-state index contributed by atoms with van der Waals surface area (Å²) in [6.45, 7) is 3.50. The minimum Gasteiger partial charge on any atom is -0.484 e. The van der Waals surface area contributed by atoms with Crippen LogP contribution in [0.5, 0.6) is 17.4 Å². The molecule has 5 aromatic rings. The third kappa shape index (κ3) is 7.91. The molecule has 0 bridgehead atoms. The molecule has 0 aliphatic carbocycles. The predicted octanol–water partition coefficient (Wildman–Crippen LogP) is 6.44. The molecule has 1 N–H and O–H groups in total. The number of thiophene rings is 1. The van der Waals surface area contributed by atoms with Crippen LogP contribution in [0.3, 0.4) is 0 Å². The van der Waals surface area contributed by atoms with Gasteiger partial charge in [0.15, 0.2) is 6.61 Å². The summed E-state index contributed by atoms with van der Waals surface area (Å²) in [6, 6.07) is 20.3. The predicted molar refractivity (Wildman–Crippen MR) is 176 cm³/mol. The first-order valence-electron chi connectivity index (χ1n) is 15.0. The molecule has 6 rings (SSSR count). The normalized spacial score (nSPS) is 14.3. The van der Waals surface area contributed by atoms with Crippen LogP contribution in [0.15, 0.2) is 83.2 Å². The van der Waals surface area contributed by atoms with E-state index in [1.807, 2.05) is 41.6 Å². The maximum atomic E-state index is 13.5. The SMILES string of the molecule is Cc1ccc(S(=O)(=O)Nc2ccc(Oc3ccc4cc(C(=O)N5CCN(Cc6ccc(OCC(F)(F)F)cc6)CC5)n(C)c4c3)nc2)s1. The lowest BCUT2D eigenvalue weighted by atomic mass is 10.2. The van der Waals surface area contributed by atoms with Crippen LogP contribution in [0.4, 0.5) is 18.9 Å². The average molecular weight is 700 g/mol. The fraction of sp³-hybridized carbons (Fsp3) is 0.273. The van der Waals surface area contributed by atoms with Crippen LogP contribution in [0, 0.1) is 6.92 Å². The first-order valence-corrected chi connectivity index (χ1v) is 17.3. The van der Waals surface area contributed by atoms with Gasteiger partial charge in [-0.25, -0.2) is 13.4 Å². The number of hydrogen-bond acceptors (Lipinski definition) is 8. The third-order valence-electron chi connectivity index (χ3n) is 7.82. The van der Waals surface area contributed by atoms with Crippen molar-refractivity contribution in [3.05, 3.63) is 95.1 Å². The first-order chi connectivity index (χ1) is 22.8. The molecule has 1 fully saturated rings. The number of alkyl halides is 3. The molecule has 4 heterocycles. The number of anilines is 1.